The highest BCUT2D eigenvalue weighted by Crippen LogP contribution is 2.26. The van der Waals surface area contributed by atoms with Crippen molar-refractivity contribution >= 4 is 28.6 Å². The fourth-order valence-corrected chi connectivity index (χ4v) is 2.72. The molecule has 0 saturated heterocycles. The third-order valence-electron chi connectivity index (χ3n) is 4.05. The highest BCUT2D eigenvalue weighted by Gasteiger charge is 2.08. The minimum absolute atomic E-state index is 0.0137. The maximum atomic E-state index is 12.0. The average Bonchev–Trinajstić information content (AvgIpc) is 2.68. The van der Waals surface area contributed by atoms with Crippen LogP contribution in [0, 0.1) is 10.1 Å². The summed E-state index contributed by atoms with van der Waals surface area (Å²) in [4.78, 5) is 22.2. The van der Waals surface area contributed by atoms with Crippen LogP contribution in [0.4, 0.5) is 5.69 Å². The van der Waals surface area contributed by atoms with E-state index in [1.54, 1.807) is 25.5 Å². The molecule has 0 bridgehead atoms. The third kappa shape index (κ3) is 4.27. The quantitative estimate of drug-likeness (QED) is 0.412. The van der Waals surface area contributed by atoms with E-state index in [4.69, 9.17) is 4.74 Å². The number of carbonyl (C=O) groups excluding carboxylic acids is 1. The molecule has 0 spiro atoms. The van der Waals surface area contributed by atoms with Crippen LogP contribution < -0.4 is 10.2 Å². The maximum Gasteiger partial charge on any atom is 0.269 e. The number of benzene rings is 3. The molecule has 0 saturated carbocycles. The number of amides is 1. The molecule has 0 aliphatic carbocycles. The second-order valence-corrected chi connectivity index (χ2v) is 5.80. The standard InChI is InChI=1S/C20H17N3O4/c1-27-19-11-8-15-4-2-3-5-17(15)18(19)13-21-22-20(24)12-14-6-9-16(10-7-14)23(25)26/h2-11,13H,12H2,1H3,(H,22,24)/b21-13+. The number of carbonyl (C=O) groups is 1. The van der Waals surface area contributed by atoms with Crippen molar-refractivity contribution in [1.29, 1.82) is 0 Å². The number of hydrogen-bond acceptors (Lipinski definition) is 5. The summed E-state index contributed by atoms with van der Waals surface area (Å²) in [6.07, 6.45) is 1.62. The molecule has 136 valence electrons. The molecule has 0 aromatic heterocycles. The molecule has 0 atom stereocenters. The molecule has 27 heavy (non-hydrogen) atoms. The minimum Gasteiger partial charge on any atom is -0.496 e. The van der Waals surface area contributed by atoms with Gasteiger partial charge in [-0.15, -0.1) is 0 Å². The van der Waals surface area contributed by atoms with Crippen molar-refractivity contribution in [2.75, 3.05) is 7.11 Å². The lowest BCUT2D eigenvalue weighted by atomic mass is 10.0. The Morgan fingerprint density at radius 1 is 1.15 bits per heavy atom. The van der Waals surface area contributed by atoms with E-state index < -0.39 is 4.92 Å². The van der Waals surface area contributed by atoms with Crippen molar-refractivity contribution in [3.05, 3.63) is 81.9 Å². The first kappa shape index (κ1) is 18.1. The van der Waals surface area contributed by atoms with Crippen LogP contribution in [-0.4, -0.2) is 24.2 Å². The van der Waals surface area contributed by atoms with Gasteiger partial charge in [0.25, 0.3) is 5.69 Å². The number of ether oxygens (including phenoxy) is 1. The van der Waals surface area contributed by atoms with Crippen LogP contribution >= 0.6 is 0 Å². The fourth-order valence-electron chi connectivity index (χ4n) is 2.72. The van der Waals surface area contributed by atoms with E-state index in [-0.39, 0.29) is 18.0 Å². The lowest BCUT2D eigenvalue weighted by Gasteiger charge is -2.08. The fraction of sp³-hybridized carbons (Fsp3) is 0.100. The number of methoxy groups -OCH3 is 1. The summed E-state index contributed by atoms with van der Waals surface area (Å²) in [7, 11) is 1.58. The zero-order valence-corrected chi connectivity index (χ0v) is 14.6. The number of nitro groups is 1. The van der Waals surface area contributed by atoms with Crippen LogP contribution in [-0.2, 0) is 11.2 Å². The lowest BCUT2D eigenvalue weighted by molar-refractivity contribution is -0.384. The van der Waals surface area contributed by atoms with E-state index in [1.165, 1.54) is 12.1 Å². The summed E-state index contributed by atoms with van der Waals surface area (Å²) < 4.78 is 5.38. The molecule has 7 heteroatoms. The summed E-state index contributed by atoms with van der Waals surface area (Å²) in [5, 5.41) is 16.7. The van der Waals surface area contributed by atoms with E-state index >= 15 is 0 Å². The van der Waals surface area contributed by atoms with Crippen LogP contribution in [0.2, 0.25) is 0 Å². The summed E-state index contributed by atoms with van der Waals surface area (Å²) in [6.45, 7) is 0. The Hall–Kier alpha value is -3.74. The molecule has 3 aromatic rings. The predicted octanol–water partition coefficient (Wildman–Crippen LogP) is 3.45. The van der Waals surface area contributed by atoms with Gasteiger partial charge < -0.3 is 4.74 Å². The molecule has 0 fully saturated rings. The zero-order valence-electron chi connectivity index (χ0n) is 14.6. The monoisotopic (exact) mass is 363 g/mol. The number of hydrogen-bond donors (Lipinski definition) is 1. The largest absolute Gasteiger partial charge is 0.496 e. The van der Waals surface area contributed by atoms with Gasteiger partial charge in [0.2, 0.25) is 5.91 Å². The molecule has 0 radical (unpaired) electrons. The molecule has 0 aliphatic heterocycles. The van der Waals surface area contributed by atoms with Crippen molar-refractivity contribution in [3.8, 4) is 5.75 Å². The van der Waals surface area contributed by atoms with Gasteiger partial charge in [-0.05, 0) is 22.4 Å². The smallest absolute Gasteiger partial charge is 0.269 e. The SMILES string of the molecule is COc1ccc2ccccc2c1/C=N/NC(=O)Cc1ccc([N+](=O)[O-])cc1. The van der Waals surface area contributed by atoms with Gasteiger partial charge >= 0.3 is 0 Å². The lowest BCUT2D eigenvalue weighted by Crippen LogP contribution is -2.19. The summed E-state index contributed by atoms with van der Waals surface area (Å²) in [5.74, 6) is 0.335. The molecule has 0 heterocycles. The first-order valence-electron chi connectivity index (χ1n) is 8.19. The van der Waals surface area contributed by atoms with Crippen LogP contribution in [0.25, 0.3) is 10.8 Å². The van der Waals surface area contributed by atoms with Crippen molar-refractivity contribution in [3.63, 3.8) is 0 Å². The molecular formula is C20H17N3O4. The molecule has 0 aliphatic rings. The molecule has 1 amide bonds. The van der Waals surface area contributed by atoms with Gasteiger partial charge in [-0.3, -0.25) is 14.9 Å². The topological polar surface area (TPSA) is 93.8 Å². The second kappa shape index (κ2) is 8.09. The number of fused-ring (bicyclic) bond motifs is 1. The Kier molecular flexibility index (Phi) is 5.41. The van der Waals surface area contributed by atoms with Crippen LogP contribution in [0.3, 0.4) is 0 Å². The molecule has 3 aromatic carbocycles. The molecule has 0 unspecified atom stereocenters. The van der Waals surface area contributed by atoms with E-state index in [0.29, 0.717) is 11.3 Å². The Labute approximate surface area is 155 Å². The zero-order chi connectivity index (χ0) is 19.2. The first-order chi connectivity index (χ1) is 13.1. The second-order valence-electron chi connectivity index (χ2n) is 5.80. The van der Waals surface area contributed by atoms with Crippen LogP contribution in [0.15, 0.2) is 65.8 Å². The highest BCUT2D eigenvalue weighted by atomic mass is 16.6. The van der Waals surface area contributed by atoms with E-state index in [0.717, 1.165) is 16.3 Å². The normalized spacial score (nSPS) is 10.9. The van der Waals surface area contributed by atoms with E-state index in [9.17, 15) is 14.9 Å². The molecule has 7 nitrogen and oxygen atoms in total. The third-order valence-corrected chi connectivity index (χ3v) is 4.05. The van der Waals surface area contributed by atoms with Crippen molar-refractivity contribution in [2.24, 2.45) is 5.10 Å². The summed E-state index contributed by atoms with van der Waals surface area (Å²) in [5.41, 5.74) is 3.89. The van der Waals surface area contributed by atoms with Gasteiger partial charge in [0.05, 0.1) is 24.7 Å². The minimum atomic E-state index is -0.480. The van der Waals surface area contributed by atoms with Gasteiger partial charge in [0.15, 0.2) is 0 Å². The number of rotatable bonds is 6. The Balaban J connectivity index is 1.71. The predicted molar refractivity (Wildman–Crippen MR) is 103 cm³/mol. The van der Waals surface area contributed by atoms with Crippen LogP contribution in [0.5, 0.6) is 5.75 Å². The maximum absolute atomic E-state index is 12.0. The van der Waals surface area contributed by atoms with E-state index in [1.807, 2.05) is 36.4 Å². The van der Waals surface area contributed by atoms with Gasteiger partial charge in [0.1, 0.15) is 5.75 Å². The summed E-state index contributed by atoms with van der Waals surface area (Å²) in [6, 6.07) is 17.5. The molecule has 1 N–H and O–H groups in total. The van der Waals surface area contributed by atoms with E-state index in [2.05, 4.69) is 10.5 Å². The van der Waals surface area contributed by atoms with Crippen LogP contribution in [0.1, 0.15) is 11.1 Å². The Morgan fingerprint density at radius 2 is 1.89 bits per heavy atom. The number of non-ortho nitro benzene ring substituents is 1. The van der Waals surface area contributed by atoms with Gasteiger partial charge in [0, 0.05) is 17.7 Å². The highest BCUT2D eigenvalue weighted by molar-refractivity contribution is 6.02. The Morgan fingerprint density at radius 3 is 2.59 bits per heavy atom. The molecule has 3 rings (SSSR count). The van der Waals surface area contributed by atoms with Crippen molar-refractivity contribution in [2.45, 2.75) is 6.42 Å². The summed E-state index contributed by atoms with van der Waals surface area (Å²) >= 11 is 0. The number of hydrazone groups is 1. The van der Waals surface area contributed by atoms with Gasteiger partial charge in [-0.25, -0.2) is 5.43 Å². The number of nitro benzene ring substituents is 1. The average molecular weight is 363 g/mol. The van der Waals surface area contributed by atoms with Crippen molar-refractivity contribution in [1.82, 2.24) is 5.43 Å². The number of nitrogens with zero attached hydrogens (tertiary/aromatic N) is 2. The van der Waals surface area contributed by atoms with Gasteiger partial charge in [-0.1, -0.05) is 42.5 Å². The molecular weight excluding hydrogens is 346 g/mol. The Bertz CT molecular complexity index is 1010. The first-order valence-corrected chi connectivity index (χ1v) is 8.19. The van der Waals surface area contributed by atoms with Crippen molar-refractivity contribution < 1.29 is 14.5 Å². The number of nitrogens with one attached hydrogen (secondary N) is 1. The van der Waals surface area contributed by atoms with Gasteiger partial charge in [-0.2, -0.15) is 5.10 Å².